The highest BCUT2D eigenvalue weighted by Crippen LogP contribution is 2.20. The number of anilines is 1. The number of H-pyrrole nitrogens is 1. The number of nitrogens with one attached hydrogen (secondary N) is 2. The van der Waals surface area contributed by atoms with Gasteiger partial charge in [-0.1, -0.05) is 0 Å². The number of carbonyl (C=O) groups is 3. The van der Waals surface area contributed by atoms with Crippen LogP contribution in [0.25, 0.3) is 0 Å². The van der Waals surface area contributed by atoms with E-state index in [2.05, 4.69) is 10.3 Å². The summed E-state index contributed by atoms with van der Waals surface area (Å²) in [4.78, 5) is 38.0. The summed E-state index contributed by atoms with van der Waals surface area (Å²) in [5, 5.41) is 2.65. The molecule has 1 aromatic carbocycles. The Balaban J connectivity index is 2.05. The topological polar surface area (TPSA) is 97.5 Å². The van der Waals surface area contributed by atoms with Crippen molar-refractivity contribution in [3.63, 3.8) is 0 Å². The van der Waals surface area contributed by atoms with Gasteiger partial charge < -0.3 is 19.8 Å². The van der Waals surface area contributed by atoms with Crippen LogP contribution in [0.2, 0.25) is 0 Å². The van der Waals surface area contributed by atoms with Gasteiger partial charge in [0, 0.05) is 18.3 Å². The van der Waals surface area contributed by atoms with E-state index in [1.54, 1.807) is 38.1 Å². The number of carbonyl (C=O) groups excluding carboxylic acids is 3. The number of ketones is 1. The first-order valence-electron chi connectivity index (χ1n) is 7.64. The molecule has 7 heteroatoms. The molecule has 0 aliphatic heterocycles. The van der Waals surface area contributed by atoms with Crippen LogP contribution in [0.15, 0.2) is 24.3 Å². The van der Waals surface area contributed by atoms with E-state index in [1.807, 2.05) is 0 Å². The Kier molecular flexibility index (Phi) is 5.59. The third-order valence-electron chi connectivity index (χ3n) is 3.65. The highest BCUT2D eigenvalue weighted by atomic mass is 16.5. The van der Waals surface area contributed by atoms with Gasteiger partial charge in [-0.25, -0.2) is 4.79 Å². The lowest BCUT2D eigenvalue weighted by Gasteiger charge is -2.07. The number of amides is 1. The van der Waals surface area contributed by atoms with Gasteiger partial charge in [-0.3, -0.25) is 9.59 Å². The van der Waals surface area contributed by atoms with Crippen LogP contribution in [-0.2, 0) is 9.53 Å². The number of Topliss-reactive ketones (excluding diaryl/α,β-unsaturated/α-hetero) is 1. The highest BCUT2D eigenvalue weighted by Gasteiger charge is 2.22. The third-order valence-corrected chi connectivity index (χ3v) is 3.65. The van der Waals surface area contributed by atoms with Gasteiger partial charge in [-0.05, 0) is 43.7 Å². The summed E-state index contributed by atoms with van der Waals surface area (Å²) >= 11 is 0. The lowest BCUT2D eigenvalue weighted by molar-refractivity contribution is -0.114. The second-order valence-electron chi connectivity index (χ2n) is 5.53. The SMILES string of the molecule is COC(=O)c1c(C)[nH]c(C(=O)COc2ccc(NC(C)=O)cc2)c1C. The predicted molar refractivity (Wildman–Crippen MR) is 92.2 cm³/mol. The van der Waals surface area contributed by atoms with Crippen LogP contribution in [-0.4, -0.2) is 36.4 Å². The van der Waals surface area contributed by atoms with Crippen LogP contribution < -0.4 is 10.1 Å². The van der Waals surface area contributed by atoms with Crippen LogP contribution >= 0.6 is 0 Å². The Morgan fingerprint density at radius 3 is 2.32 bits per heavy atom. The fourth-order valence-corrected chi connectivity index (χ4v) is 2.50. The standard InChI is InChI=1S/C18H20N2O5/c1-10-16(18(23)24-4)11(2)19-17(10)15(22)9-25-14-7-5-13(6-8-14)20-12(3)21/h5-8,19H,9H2,1-4H3,(H,20,21). The average Bonchev–Trinajstić information content (AvgIpc) is 2.87. The van der Waals surface area contributed by atoms with Crippen molar-refractivity contribution in [3.8, 4) is 5.75 Å². The van der Waals surface area contributed by atoms with Crippen molar-refractivity contribution in [3.05, 3.63) is 46.8 Å². The number of aromatic amines is 1. The number of hydrogen-bond donors (Lipinski definition) is 2. The molecule has 1 heterocycles. The maximum Gasteiger partial charge on any atom is 0.339 e. The Labute approximate surface area is 145 Å². The summed E-state index contributed by atoms with van der Waals surface area (Å²) < 4.78 is 10.2. The van der Waals surface area contributed by atoms with Gasteiger partial charge in [0.05, 0.1) is 18.4 Å². The Morgan fingerprint density at radius 1 is 1.12 bits per heavy atom. The molecule has 1 amide bonds. The van der Waals surface area contributed by atoms with Crippen LogP contribution in [0.4, 0.5) is 5.69 Å². The Morgan fingerprint density at radius 2 is 1.76 bits per heavy atom. The molecular weight excluding hydrogens is 324 g/mol. The summed E-state index contributed by atoms with van der Waals surface area (Å²) in [6, 6.07) is 6.68. The summed E-state index contributed by atoms with van der Waals surface area (Å²) in [6.45, 7) is 4.63. The second kappa shape index (κ2) is 7.65. The highest BCUT2D eigenvalue weighted by molar-refractivity contribution is 6.02. The first kappa shape index (κ1) is 18.3. The molecule has 0 atom stereocenters. The number of rotatable bonds is 6. The molecule has 1 aromatic heterocycles. The van der Waals surface area contributed by atoms with Gasteiger partial charge in [-0.2, -0.15) is 0 Å². The average molecular weight is 344 g/mol. The van der Waals surface area contributed by atoms with E-state index < -0.39 is 5.97 Å². The van der Waals surface area contributed by atoms with Crippen molar-refractivity contribution in [1.82, 2.24) is 4.98 Å². The van der Waals surface area contributed by atoms with E-state index in [0.29, 0.717) is 34.0 Å². The predicted octanol–water partition coefficient (Wildman–Crippen LogP) is 2.64. The lowest BCUT2D eigenvalue weighted by atomic mass is 10.1. The molecule has 7 nitrogen and oxygen atoms in total. The molecule has 2 aromatic rings. The zero-order valence-electron chi connectivity index (χ0n) is 14.6. The smallest absolute Gasteiger partial charge is 0.339 e. The summed E-state index contributed by atoms with van der Waals surface area (Å²) in [7, 11) is 1.30. The number of aryl methyl sites for hydroxylation is 1. The van der Waals surface area contributed by atoms with Gasteiger partial charge in [-0.15, -0.1) is 0 Å². The zero-order valence-corrected chi connectivity index (χ0v) is 14.6. The Bertz CT molecular complexity index is 806. The van der Waals surface area contributed by atoms with Crippen LogP contribution in [0.5, 0.6) is 5.75 Å². The van der Waals surface area contributed by atoms with E-state index in [-0.39, 0.29) is 18.3 Å². The van der Waals surface area contributed by atoms with E-state index in [0.717, 1.165) is 0 Å². The number of hydrogen-bond acceptors (Lipinski definition) is 5. The summed E-state index contributed by atoms with van der Waals surface area (Å²) in [5.74, 6) is -0.430. The minimum absolute atomic E-state index is 0.164. The normalized spacial score (nSPS) is 10.2. The largest absolute Gasteiger partial charge is 0.485 e. The number of aromatic nitrogens is 1. The first-order valence-corrected chi connectivity index (χ1v) is 7.64. The molecule has 25 heavy (non-hydrogen) atoms. The van der Waals surface area contributed by atoms with Crippen LogP contribution in [0.3, 0.4) is 0 Å². The summed E-state index contributed by atoms with van der Waals surface area (Å²) in [5.41, 5.74) is 2.45. The fourth-order valence-electron chi connectivity index (χ4n) is 2.50. The number of benzene rings is 1. The van der Waals surface area contributed by atoms with Gasteiger partial charge >= 0.3 is 5.97 Å². The molecule has 0 aliphatic carbocycles. The van der Waals surface area contributed by atoms with Crippen LogP contribution in [0, 0.1) is 13.8 Å². The molecule has 0 spiro atoms. The molecule has 0 saturated heterocycles. The maximum atomic E-state index is 12.4. The quantitative estimate of drug-likeness (QED) is 0.620. The van der Waals surface area contributed by atoms with Gasteiger partial charge in [0.15, 0.2) is 6.61 Å². The van der Waals surface area contributed by atoms with E-state index in [9.17, 15) is 14.4 Å². The van der Waals surface area contributed by atoms with Crippen molar-refractivity contribution < 1.29 is 23.9 Å². The maximum absolute atomic E-state index is 12.4. The van der Waals surface area contributed by atoms with Gasteiger partial charge in [0.25, 0.3) is 0 Å². The van der Waals surface area contributed by atoms with Crippen molar-refractivity contribution in [2.45, 2.75) is 20.8 Å². The molecule has 0 fully saturated rings. The molecule has 2 N–H and O–H groups in total. The molecule has 0 radical (unpaired) electrons. The van der Waals surface area contributed by atoms with Crippen molar-refractivity contribution in [2.75, 3.05) is 19.0 Å². The first-order chi connectivity index (χ1) is 11.8. The molecule has 2 rings (SSSR count). The van der Waals surface area contributed by atoms with E-state index >= 15 is 0 Å². The molecular formula is C18H20N2O5. The van der Waals surface area contributed by atoms with Crippen molar-refractivity contribution in [1.29, 1.82) is 0 Å². The summed E-state index contributed by atoms with van der Waals surface area (Å²) in [6.07, 6.45) is 0. The number of ether oxygens (including phenoxy) is 2. The fraction of sp³-hybridized carbons (Fsp3) is 0.278. The lowest BCUT2D eigenvalue weighted by Crippen LogP contribution is -2.13. The number of esters is 1. The van der Waals surface area contributed by atoms with E-state index in [1.165, 1.54) is 14.0 Å². The molecule has 0 saturated carbocycles. The second-order valence-corrected chi connectivity index (χ2v) is 5.53. The minimum atomic E-state index is -0.486. The number of methoxy groups -OCH3 is 1. The van der Waals surface area contributed by atoms with Crippen molar-refractivity contribution >= 4 is 23.3 Å². The molecule has 132 valence electrons. The molecule has 0 bridgehead atoms. The van der Waals surface area contributed by atoms with Crippen LogP contribution in [0.1, 0.15) is 39.0 Å². The molecule has 0 unspecified atom stereocenters. The Hall–Kier alpha value is -3.09. The van der Waals surface area contributed by atoms with Gasteiger partial charge in [0.1, 0.15) is 5.75 Å². The monoisotopic (exact) mass is 344 g/mol. The minimum Gasteiger partial charge on any atom is -0.485 e. The third kappa shape index (κ3) is 4.26. The molecule has 0 aliphatic rings. The van der Waals surface area contributed by atoms with Crippen molar-refractivity contribution in [2.24, 2.45) is 0 Å². The van der Waals surface area contributed by atoms with E-state index in [4.69, 9.17) is 9.47 Å². The van der Waals surface area contributed by atoms with Gasteiger partial charge in [0.2, 0.25) is 11.7 Å². The zero-order chi connectivity index (χ0) is 18.6.